The first-order chi connectivity index (χ1) is 12.5. The highest BCUT2D eigenvalue weighted by Gasteiger charge is 2.21. The summed E-state index contributed by atoms with van der Waals surface area (Å²) >= 11 is 0. The summed E-state index contributed by atoms with van der Waals surface area (Å²) in [6.45, 7) is 0. The third-order valence-corrected chi connectivity index (χ3v) is 3.82. The normalized spacial score (nSPS) is 10.8. The molecule has 3 rings (SSSR count). The van der Waals surface area contributed by atoms with E-state index >= 15 is 0 Å². The summed E-state index contributed by atoms with van der Waals surface area (Å²) in [7, 11) is 0. The lowest BCUT2D eigenvalue weighted by Gasteiger charge is -2.02. The maximum absolute atomic E-state index is 10.9. The molecule has 1 aromatic heterocycles. The van der Waals surface area contributed by atoms with Crippen LogP contribution in [0.4, 0.5) is 5.69 Å². The van der Waals surface area contributed by atoms with E-state index in [9.17, 15) is 25.4 Å². The van der Waals surface area contributed by atoms with Gasteiger partial charge in [0.2, 0.25) is 5.75 Å². The summed E-state index contributed by atoms with van der Waals surface area (Å²) in [4.78, 5) is 14.2. The van der Waals surface area contributed by atoms with Crippen molar-refractivity contribution in [3.8, 4) is 28.7 Å². The molecule has 3 N–H and O–H groups in total. The molecule has 0 atom stereocenters. The molecule has 0 aliphatic heterocycles. The molecule has 9 heteroatoms. The van der Waals surface area contributed by atoms with Crippen LogP contribution in [-0.2, 0) is 12.8 Å². The minimum Gasteiger partial charge on any atom is -0.508 e. The number of nitro benzene ring substituents is 1. The summed E-state index contributed by atoms with van der Waals surface area (Å²) in [5.41, 5.74) is 0.293. The van der Waals surface area contributed by atoms with E-state index in [0.29, 0.717) is 25.1 Å². The van der Waals surface area contributed by atoms with Crippen LogP contribution >= 0.6 is 0 Å². The molecule has 9 nitrogen and oxygen atoms in total. The number of aromatic hydroxyl groups is 3. The predicted molar refractivity (Wildman–Crippen MR) is 89.8 cm³/mol. The van der Waals surface area contributed by atoms with Crippen LogP contribution in [0.25, 0.3) is 11.5 Å². The Morgan fingerprint density at radius 1 is 1.08 bits per heavy atom. The number of aryl methyl sites for hydroxylation is 2. The van der Waals surface area contributed by atoms with E-state index in [2.05, 4.69) is 10.1 Å². The summed E-state index contributed by atoms with van der Waals surface area (Å²) in [5, 5.41) is 43.6. The first-order valence-electron chi connectivity index (χ1n) is 7.76. The Hall–Kier alpha value is -3.62. The fraction of sp³-hybridized carbons (Fsp3) is 0.176. The molecule has 134 valence electrons. The molecular formula is C17H15N3O6. The lowest BCUT2D eigenvalue weighted by atomic mass is 10.1. The minimum absolute atomic E-state index is 0.000887. The number of nitrogens with zero attached hydrogens (tertiary/aromatic N) is 3. The smallest absolute Gasteiger partial charge is 0.315 e. The second-order valence-electron chi connectivity index (χ2n) is 5.62. The van der Waals surface area contributed by atoms with Crippen LogP contribution in [0.1, 0.15) is 17.8 Å². The Morgan fingerprint density at radius 3 is 2.58 bits per heavy atom. The van der Waals surface area contributed by atoms with Gasteiger partial charge in [0.1, 0.15) is 5.75 Å². The number of rotatable bonds is 6. The van der Waals surface area contributed by atoms with Crippen LogP contribution in [-0.4, -0.2) is 30.4 Å². The van der Waals surface area contributed by atoms with E-state index in [0.717, 1.165) is 17.7 Å². The lowest BCUT2D eigenvalue weighted by molar-refractivity contribution is -0.385. The number of hydrogen-bond donors (Lipinski definition) is 3. The molecule has 0 saturated heterocycles. The molecule has 2 aromatic carbocycles. The molecule has 0 aliphatic rings. The zero-order valence-electron chi connectivity index (χ0n) is 13.5. The highest BCUT2D eigenvalue weighted by Crippen LogP contribution is 2.38. The fourth-order valence-electron chi connectivity index (χ4n) is 2.50. The highest BCUT2D eigenvalue weighted by atomic mass is 16.6. The second-order valence-corrected chi connectivity index (χ2v) is 5.62. The standard InChI is InChI=1S/C17H15N3O6/c21-13-6-2-1-4-10(13)5-3-7-15-18-17(26-19-15)11-8-12(20(24)25)16(23)14(22)9-11/h1-2,4,6,8-9,21-23H,3,5,7H2. The monoisotopic (exact) mass is 357 g/mol. The third kappa shape index (κ3) is 3.56. The molecule has 0 aliphatic carbocycles. The Bertz CT molecular complexity index is 953. The molecule has 0 saturated carbocycles. The van der Waals surface area contributed by atoms with E-state index < -0.39 is 22.1 Å². The van der Waals surface area contributed by atoms with Crippen molar-refractivity contribution < 1.29 is 24.8 Å². The molecule has 0 fully saturated rings. The van der Waals surface area contributed by atoms with Crippen molar-refractivity contribution in [2.45, 2.75) is 19.3 Å². The molecule has 3 aromatic rings. The van der Waals surface area contributed by atoms with Crippen LogP contribution in [0.2, 0.25) is 0 Å². The van der Waals surface area contributed by atoms with Gasteiger partial charge in [-0.25, -0.2) is 0 Å². The van der Waals surface area contributed by atoms with Crippen molar-refractivity contribution >= 4 is 5.69 Å². The largest absolute Gasteiger partial charge is 0.508 e. The van der Waals surface area contributed by atoms with Crippen LogP contribution in [0.15, 0.2) is 40.9 Å². The van der Waals surface area contributed by atoms with E-state index in [1.54, 1.807) is 12.1 Å². The van der Waals surface area contributed by atoms with Crippen LogP contribution in [0, 0.1) is 10.1 Å². The van der Waals surface area contributed by atoms with E-state index in [4.69, 9.17) is 4.52 Å². The van der Waals surface area contributed by atoms with Crippen LogP contribution in [0.5, 0.6) is 17.2 Å². The molecule has 1 heterocycles. The number of phenolic OH excluding ortho intramolecular Hbond substituents is 3. The molecule has 0 unspecified atom stereocenters. The molecular weight excluding hydrogens is 342 g/mol. The van der Waals surface area contributed by atoms with Crippen molar-refractivity contribution in [1.29, 1.82) is 0 Å². The SMILES string of the molecule is O=[N+]([O-])c1cc(-c2nc(CCCc3ccccc3O)no2)cc(O)c1O. The quantitative estimate of drug-likeness (QED) is 0.347. The summed E-state index contributed by atoms with van der Waals surface area (Å²) < 4.78 is 5.08. The first-order valence-corrected chi connectivity index (χ1v) is 7.76. The Labute approximate surface area is 147 Å². The van der Waals surface area contributed by atoms with Crippen molar-refractivity contribution in [2.75, 3.05) is 0 Å². The number of para-hydroxylation sites is 1. The van der Waals surface area contributed by atoms with Crippen LogP contribution in [0.3, 0.4) is 0 Å². The fourth-order valence-corrected chi connectivity index (χ4v) is 2.50. The topological polar surface area (TPSA) is 143 Å². The van der Waals surface area contributed by atoms with Crippen molar-refractivity contribution in [3.63, 3.8) is 0 Å². The Balaban J connectivity index is 1.72. The average Bonchev–Trinajstić information content (AvgIpc) is 3.07. The molecule has 0 amide bonds. The maximum Gasteiger partial charge on any atom is 0.315 e. The van der Waals surface area contributed by atoms with Gasteiger partial charge in [0.25, 0.3) is 5.89 Å². The third-order valence-electron chi connectivity index (χ3n) is 3.82. The molecule has 0 bridgehead atoms. The number of benzene rings is 2. The van der Waals surface area contributed by atoms with Gasteiger partial charge in [0.15, 0.2) is 11.6 Å². The predicted octanol–water partition coefficient (Wildman–Crippen LogP) is 2.94. The van der Waals surface area contributed by atoms with E-state index in [-0.39, 0.29) is 17.2 Å². The zero-order valence-corrected chi connectivity index (χ0v) is 13.5. The van der Waals surface area contributed by atoms with Crippen molar-refractivity contribution in [1.82, 2.24) is 10.1 Å². The number of nitro groups is 1. The van der Waals surface area contributed by atoms with Crippen molar-refractivity contribution in [2.24, 2.45) is 0 Å². The summed E-state index contributed by atoms with van der Waals surface area (Å²) in [6, 6.07) is 9.19. The summed E-state index contributed by atoms with van der Waals surface area (Å²) in [6.07, 6.45) is 1.77. The van der Waals surface area contributed by atoms with Gasteiger partial charge in [-0.05, 0) is 30.5 Å². The average molecular weight is 357 g/mol. The highest BCUT2D eigenvalue weighted by molar-refractivity contribution is 5.67. The maximum atomic E-state index is 10.9. The van der Waals surface area contributed by atoms with Gasteiger partial charge in [-0.3, -0.25) is 10.1 Å². The number of aromatic nitrogens is 2. The molecule has 0 radical (unpaired) electrons. The zero-order chi connectivity index (χ0) is 18.7. The van der Waals surface area contributed by atoms with Gasteiger partial charge in [-0.2, -0.15) is 4.98 Å². The van der Waals surface area contributed by atoms with Crippen LogP contribution < -0.4 is 0 Å². The van der Waals surface area contributed by atoms with Crippen molar-refractivity contribution in [3.05, 3.63) is 57.9 Å². The lowest BCUT2D eigenvalue weighted by Crippen LogP contribution is -1.93. The number of phenols is 3. The first kappa shape index (κ1) is 17.2. The van der Waals surface area contributed by atoms with E-state index in [1.807, 2.05) is 12.1 Å². The summed E-state index contributed by atoms with van der Waals surface area (Å²) in [5.74, 6) is -0.838. The van der Waals surface area contributed by atoms with Gasteiger partial charge in [0, 0.05) is 12.5 Å². The second kappa shape index (κ2) is 7.09. The van der Waals surface area contributed by atoms with Gasteiger partial charge >= 0.3 is 5.69 Å². The van der Waals surface area contributed by atoms with Gasteiger partial charge < -0.3 is 19.8 Å². The van der Waals surface area contributed by atoms with Gasteiger partial charge in [-0.1, -0.05) is 23.4 Å². The molecule has 0 spiro atoms. The minimum atomic E-state index is -0.818. The Morgan fingerprint density at radius 2 is 1.85 bits per heavy atom. The Kier molecular flexibility index (Phi) is 4.70. The van der Waals surface area contributed by atoms with E-state index in [1.165, 1.54) is 0 Å². The van der Waals surface area contributed by atoms with Gasteiger partial charge in [-0.15, -0.1) is 0 Å². The van der Waals surface area contributed by atoms with Gasteiger partial charge in [0.05, 0.1) is 10.5 Å². The molecule has 26 heavy (non-hydrogen) atoms. The number of hydrogen-bond acceptors (Lipinski definition) is 8.